The fourth-order valence-electron chi connectivity index (χ4n) is 2.16. The molecular weight excluding hydrogens is 200 g/mol. The second kappa shape index (κ2) is 8.57. The van der Waals surface area contributed by atoms with Gasteiger partial charge in [0.1, 0.15) is 0 Å². The Bertz CT molecular complexity index is 188. The van der Waals surface area contributed by atoms with Crippen LogP contribution in [0.4, 0.5) is 0 Å². The summed E-state index contributed by atoms with van der Waals surface area (Å²) >= 11 is 0. The maximum atomic E-state index is 11.6. The van der Waals surface area contributed by atoms with E-state index < -0.39 is 0 Å². The van der Waals surface area contributed by atoms with Gasteiger partial charge in [0.15, 0.2) is 0 Å². The van der Waals surface area contributed by atoms with Crippen LogP contribution in [0.25, 0.3) is 0 Å². The molecule has 0 saturated carbocycles. The molecule has 1 amide bonds. The molecule has 1 saturated heterocycles. The van der Waals surface area contributed by atoms with Gasteiger partial charge in [-0.25, -0.2) is 0 Å². The van der Waals surface area contributed by atoms with Crippen molar-refractivity contribution in [1.82, 2.24) is 10.6 Å². The number of amides is 1. The summed E-state index contributed by atoms with van der Waals surface area (Å²) in [6.45, 7) is 4.30. The van der Waals surface area contributed by atoms with E-state index in [0.29, 0.717) is 12.5 Å². The van der Waals surface area contributed by atoms with E-state index in [4.69, 9.17) is 0 Å². The largest absolute Gasteiger partial charge is 0.353 e. The third-order valence-electron chi connectivity index (χ3n) is 3.21. The molecule has 3 heteroatoms. The van der Waals surface area contributed by atoms with E-state index in [1.165, 1.54) is 25.7 Å². The fourth-order valence-corrected chi connectivity index (χ4v) is 2.16. The molecule has 3 nitrogen and oxygen atoms in total. The average molecular weight is 226 g/mol. The lowest BCUT2D eigenvalue weighted by molar-refractivity contribution is -0.122. The van der Waals surface area contributed by atoms with Crippen LogP contribution in [-0.4, -0.2) is 25.0 Å². The summed E-state index contributed by atoms with van der Waals surface area (Å²) in [6.07, 6.45) is 8.98. The zero-order valence-corrected chi connectivity index (χ0v) is 10.6. The highest BCUT2D eigenvalue weighted by Crippen LogP contribution is 2.06. The van der Waals surface area contributed by atoms with Crippen molar-refractivity contribution in [2.75, 3.05) is 13.1 Å². The standard InChI is InChI=1S/C13H26N2O/c1-2-3-4-5-6-7-13(16)15-12-8-10-14-11-9-12/h12,14H,2-11H2,1H3,(H,15,16). The predicted molar refractivity (Wildman–Crippen MR) is 67.4 cm³/mol. The van der Waals surface area contributed by atoms with E-state index in [-0.39, 0.29) is 5.91 Å². The summed E-state index contributed by atoms with van der Waals surface area (Å²) in [4.78, 5) is 11.6. The Kier molecular flexibility index (Phi) is 7.23. The van der Waals surface area contributed by atoms with Gasteiger partial charge in [-0.3, -0.25) is 4.79 Å². The van der Waals surface area contributed by atoms with Gasteiger partial charge in [-0.05, 0) is 32.4 Å². The molecule has 2 N–H and O–H groups in total. The Balaban J connectivity index is 1.97. The van der Waals surface area contributed by atoms with Gasteiger partial charge in [-0.1, -0.05) is 32.6 Å². The molecule has 0 aliphatic carbocycles. The first-order valence-corrected chi connectivity index (χ1v) is 6.83. The minimum absolute atomic E-state index is 0.253. The third kappa shape index (κ3) is 6.11. The molecule has 1 fully saturated rings. The monoisotopic (exact) mass is 226 g/mol. The first kappa shape index (κ1) is 13.5. The summed E-state index contributed by atoms with van der Waals surface area (Å²) in [5.74, 6) is 0.253. The highest BCUT2D eigenvalue weighted by atomic mass is 16.1. The average Bonchev–Trinajstić information content (AvgIpc) is 2.30. The van der Waals surface area contributed by atoms with Gasteiger partial charge < -0.3 is 10.6 Å². The lowest BCUT2D eigenvalue weighted by Crippen LogP contribution is -2.42. The zero-order valence-electron chi connectivity index (χ0n) is 10.6. The molecule has 0 bridgehead atoms. The van der Waals surface area contributed by atoms with E-state index in [2.05, 4.69) is 17.6 Å². The Morgan fingerprint density at radius 1 is 1.19 bits per heavy atom. The number of nitrogens with one attached hydrogen (secondary N) is 2. The van der Waals surface area contributed by atoms with Crippen LogP contribution in [0, 0.1) is 0 Å². The number of carbonyl (C=O) groups is 1. The lowest BCUT2D eigenvalue weighted by Gasteiger charge is -2.23. The Labute approximate surface area is 99.4 Å². The van der Waals surface area contributed by atoms with Gasteiger partial charge in [0.25, 0.3) is 0 Å². The second-order valence-corrected chi connectivity index (χ2v) is 4.76. The highest BCUT2D eigenvalue weighted by molar-refractivity contribution is 5.76. The second-order valence-electron chi connectivity index (χ2n) is 4.76. The van der Waals surface area contributed by atoms with Crippen molar-refractivity contribution >= 4 is 5.91 Å². The summed E-state index contributed by atoms with van der Waals surface area (Å²) in [7, 11) is 0. The molecule has 0 unspecified atom stereocenters. The predicted octanol–water partition coefficient (Wildman–Crippen LogP) is 2.22. The van der Waals surface area contributed by atoms with Gasteiger partial charge >= 0.3 is 0 Å². The first-order chi connectivity index (χ1) is 7.83. The molecule has 0 aromatic heterocycles. The van der Waals surface area contributed by atoms with E-state index in [9.17, 15) is 4.79 Å². The van der Waals surface area contributed by atoms with Crippen LogP contribution >= 0.6 is 0 Å². The molecule has 16 heavy (non-hydrogen) atoms. The third-order valence-corrected chi connectivity index (χ3v) is 3.21. The zero-order chi connectivity index (χ0) is 11.6. The van der Waals surface area contributed by atoms with Crippen molar-refractivity contribution in [3.05, 3.63) is 0 Å². The summed E-state index contributed by atoms with van der Waals surface area (Å²) < 4.78 is 0. The minimum atomic E-state index is 0.253. The maximum Gasteiger partial charge on any atom is 0.220 e. The number of hydrogen-bond donors (Lipinski definition) is 2. The van der Waals surface area contributed by atoms with Gasteiger partial charge in [-0.2, -0.15) is 0 Å². The van der Waals surface area contributed by atoms with Crippen LogP contribution in [0.5, 0.6) is 0 Å². The molecule has 94 valence electrons. The normalized spacial score (nSPS) is 17.3. The van der Waals surface area contributed by atoms with Gasteiger partial charge in [0.2, 0.25) is 5.91 Å². The van der Waals surface area contributed by atoms with Crippen LogP contribution in [0.1, 0.15) is 58.3 Å². The molecular formula is C13H26N2O. The molecule has 1 aliphatic heterocycles. The van der Waals surface area contributed by atoms with Gasteiger partial charge in [0.05, 0.1) is 0 Å². The van der Waals surface area contributed by atoms with E-state index in [1.54, 1.807) is 0 Å². The summed E-state index contributed by atoms with van der Waals surface area (Å²) in [6, 6.07) is 0.421. The maximum absolute atomic E-state index is 11.6. The van der Waals surface area contributed by atoms with Crippen molar-refractivity contribution in [1.29, 1.82) is 0 Å². The molecule has 1 rings (SSSR count). The van der Waals surface area contributed by atoms with E-state index in [0.717, 1.165) is 32.4 Å². The number of carbonyl (C=O) groups excluding carboxylic acids is 1. The molecule has 0 radical (unpaired) electrons. The van der Waals surface area contributed by atoms with Crippen LogP contribution in [0.15, 0.2) is 0 Å². The molecule has 0 aromatic carbocycles. The van der Waals surface area contributed by atoms with Crippen molar-refractivity contribution in [2.24, 2.45) is 0 Å². The first-order valence-electron chi connectivity index (χ1n) is 6.83. The highest BCUT2D eigenvalue weighted by Gasteiger charge is 2.14. The van der Waals surface area contributed by atoms with Gasteiger partial charge in [-0.15, -0.1) is 0 Å². The molecule has 0 atom stereocenters. The number of hydrogen-bond acceptors (Lipinski definition) is 2. The van der Waals surface area contributed by atoms with Crippen molar-refractivity contribution in [3.8, 4) is 0 Å². The van der Waals surface area contributed by atoms with Crippen molar-refractivity contribution in [2.45, 2.75) is 64.3 Å². The summed E-state index contributed by atoms with van der Waals surface area (Å²) in [5.41, 5.74) is 0. The Morgan fingerprint density at radius 3 is 2.56 bits per heavy atom. The van der Waals surface area contributed by atoms with Crippen molar-refractivity contribution < 1.29 is 4.79 Å². The Hall–Kier alpha value is -0.570. The molecule has 0 aromatic rings. The molecule has 0 spiro atoms. The summed E-state index contributed by atoms with van der Waals surface area (Å²) in [5, 5.41) is 6.43. The van der Waals surface area contributed by atoms with Crippen LogP contribution in [-0.2, 0) is 4.79 Å². The number of rotatable bonds is 7. The van der Waals surface area contributed by atoms with Crippen molar-refractivity contribution in [3.63, 3.8) is 0 Å². The quantitative estimate of drug-likeness (QED) is 0.654. The van der Waals surface area contributed by atoms with Crippen LogP contribution in [0.3, 0.4) is 0 Å². The molecule has 1 aliphatic rings. The van der Waals surface area contributed by atoms with E-state index >= 15 is 0 Å². The minimum Gasteiger partial charge on any atom is -0.353 e. The lowest BCUT2D eigenvalue weighted by atomic mass is 10.1. The smallest absolute Gasteiger partial charge is 0.220 e. The van der Waals surface area contributed by atoms with Gasteiger partial charge in [0, 0.05) is 12.5 Å². The SMILES string of the molecule is CCCCCCCC(=O)NC1CCNCC1. The van der Waals surface area contributed by atoms with Crippen LogP contribution in [0.2, 0.25) is 0 Å². The number of piperidine rings is 1. The Morgan fingerprint density at radius 2 is 1.88 bits per heavy atom. The topological polar surface area (TPSA) is 41.1 Å². The molecule has 1 heterocycles. The van der Waals surface area contributed by atoms with Crippen LogP contribution < -0.4 is 10.6 Å². The number of unbranched alkanes of at least 4 members (excludes halogenated alkanes) is 4. The fraction of sp³-hybridized carbons (Fsp3) is 0.923. The van der Waals surface area contributed by atoms with E-state index in [1.807, 2.05) is 0 Å².